The fourth-order valence-corrected chi connectivity index (χ4v) is 5.03. The molecule has 1 saturated heterocycles. The molecule has 4 rings (SSSR count). The summed E-state index contributed by atoms with van der Waals surface area (Å²) in [5, 5.41) is 6.39. The highest BCUT2D eigenvalue weighted by Crippen LogP contribution is 2.40. The van der Waals surface area contributed by atoms with Gasteiger partial charge in [-0.05, 0) is 38.5 Å². The molecule has 1 atom stereocenters. The van der Waals surface area contributed by atoms with Gasteiger partial charge in [-0.15, -0.1) is 11.3 Å². The van der Waals surface area contributed by atoms with E-state index in [1.165, 1.54) is 12.8 Å². The van der Waals surface area contributed by atoms with Gasteiger partial charge in [0.15, 0.2) is 0 Å². The largest absolute Gasteiger partial charge is 0.344 e. The van der Waals surface area contributed by atoms with Gasteiger partial charge in [-0.3, -0.25) is 9.59 Å². The van der Waals surface area contributed by atoms with E-state index in [4.69, 9.17) is 0 Å². The summed E-state index contributed by atoms with van der Waals surface area (Å²) in [6.45, 7) is 3.43. The number of rotatable bonds is 5. The lowest BCUT2D eigenvalue weighted by Gasteiger charge is -2.29. The molecule has 0 radical (unpaired) electrons. The average molecular weight is 347 g/mol. The number of likely N-dealkylation sites (tertiary alicyclic amines) is 1. The highest BCUT2D eigenvalue weighted by atomic mass is 32.1. The van der Waals surface area contributed by atoms with E-state index in [1.54, 1.807) is 11.3 Å². The number of hydrogen-bond donors (Lipinski definition) is 1. The predicted molar refractivity (Wildman–Crippen MR) is 92.6 cm³/mol. The van der Waals surface area contributed by atoms with Crippen molar-refractivity contribution in [3.63, 3.8) is 0 Å². The van der Waals surface area contributed by atoms with Crippen LogP contribution in [0.15, 0.2) is 5.38 Å². The Kier molecular flexibility index (Phi) is 4.11. The fourth-order valence-electron chi connectivity index (χ4n) is 4.02. The van der Waals surface area contributed by atoms with Crippen LogP contribution in [0.3, 0.4) is 0 Å². The molecule has 1 aromatic rings. The van der Waals surface area contributed by atoms with Gasteiger partial charge in [0.05, 0.1) is 11.5 Å². The van der Waals surface area contributed by atoms with Crippen molar-refractivity contribution in [3.05, 3.63) is 16.1 Å². The Morgan fingerprint density at radius 1 is 1.42 bits per heavy atom. The lowest BCUT2D eigenvalue weighted by molar-refractivity contribution is -0.129. The lowest BCUT2D eigenvalue weighted by atomic mass is 9.96. The first-order chi connectivity index (χ1) is 11.6. The second kappa shape index (κ2) is 6.14. The summed E-state index contributed by atoms with van der Waals surface area (Å²) in [7, 11) is 0. The Morgan fingerprint density at radius 2 is 2.17 bits per heavy atom. The van der Waals surface area contributed by atoms with E-state index in [1.807, 2.05) is 11.8 Å². The zero-order valence-corrected chi connectivity index (χ0v) is 15.0. The highest BCUT2D eigenvalue weighted by Gasteiger charge is 2.43. The first-order valence-corrected chi connectivity index (χ1v) is 9.96. The quantitative estimate of drug-likeness (QED) is 0.890. The smallest absolute Gasteiger partial charge is 0.226 e. The van der Waals surface area contributed by atoms with Crippen LogP contribution in [0, 0.1) is 18.8 Å². The van der Waals surface area contributed by atoms with E-state index in [9.17, 15) is 9.59 Å². The summed E-state index contributed by atoms with van der Waals surface area (Å²) in [5.41, 5.74) is 0.713. The van der Waals surface area contributed by atoms with Crippen molar-refractivity contribution >= 4 is 23.2 Å². The number of thiazole rings is 1. The Morgan fingerprint density at radius 3 is 2.79 bits per heavy atom. The molecular formula is C18H25N3O2S. The number of amides is 2. The van der Waals surface area contributed by atoms with E-state index in [-0.39, 0.29) is 23.3 Å². The number of aromatic nitrogens is 1. The lowest BCUT2D eigenvalue weighted by Crippen LogP contribution is -2.47. The summed E-state index contributed by atoms with van der Waals surface area (Å²) in [5.74, 6) is 0.661. The van der Waals surface area contributed by atoms with Crippen LogP contribution >= 0.6 is 11.3 Å². The standard InChI is InChI=1S/C18H25N3O2S/c1-12-11-24-17(19-12)18(6-2-3-7-18)20-16(23)14-8-15(22)21(10-14)9-13-4-5-13/h11,13-14H,2-10H2,1H3,(H,20,23)/t14-/m1/s1. The molecule has 24 heavy (non-hydrogen) atoms. The van der Waals surface area contributed by atoms with E-state index in [0.29, 0.717) is 18.9 Å². The first kappa shape index (κ1) is 16.1. The summed E-state index contributed by atoms with van der Waals surface area (Å²) in [6.07, 6.45) is 6.98. The van der Waals surface area contributed by atoms with Crippen molar-refractivity contribution in [3.8, 4) is 0 Å². The van der Waals surface area contributed by atoms with Crippen LogP contribution in [0.5, 0.6) is 0 Å². The van der Waals surface area contributed by atoms with E-state index < -0.39 is 0 Å². The van der Waals surface area contributed by atoms with Gasteiger partial charge in [0.2, 0.25) is 11.8 Å². The SMILES string of the molecule is Cc1csc(C2(NC(=O)[C@@H]3CC(=O)N(CC4CC4)C3)CCCC2)n1. The minimum Gasteiger partial charge on any atom is -0.344 e. The molecule has 0 spiro atoms. The number of nitrogens with zero attached hydrogens (tertiary/aromatic N) is 2. The average Bonchev–Trinajstić information content (AvgIpc) is 2.93. The Bertz CT molecular complexity index is 646. The van der Waals surface area contributed by atoms with Crippen LogP contribution in [0.2, 0.25) is 0 Å². The molecule has 2 amide bonds. The third-order valence-electron chi connectivity index (χ3n) is 5.61. The van der Waals surface area contributed by atoms with Crippen molar-refractivity contribution in [1.29, 1.82) is 0 Å². The highest BCUT2D eigenvalue weighted by molar-refractivity contribution is 7.09. The Hall–Kier alpha value is -1.43. The first-order valence-electron chi connectivity index (χ1n) is 9.08. The van der Waals surface area contributed by atoms with Crippen LogP contribution < -0.4 is 5.32 Å². The molecule has 1 aromatic heterocycles. The van der Waals surface area contributed by atoms with Gasteiger partial charge in [0, 0.05) is 30.6 Å². The maximum atomic E-state index is 12.9. The second-order valence-corrected chi connectivity index (χ2v) is 8.57. The molecule has 5 nitrogen and oxygen atoms in total. The van der Waals surface area contributed by atoms with E-state index >= 15 is 0 Å². The predicted octanol–water partition coefficient (Wildman–Crippen LogP) is 2.60. The van der Waals surface area contributed by atoms with Gasteiger partial charge < -0.3 is 10.2 Å². The molecule has 0 aromatic carbocycles. The van der Waals surface area contributed by atoms with Crippen molar-refractivity contribution in [2.75, 3.05) is 13.1 Å². The van der Waals surface area contributed by atoms with Gasteiger partial charge in [-0.1, -0.05) is 12.8 Å². The molecular weight excluding hydrogens is 322 g/mol. The van der Waals surface area contributed by atoms with Crippen molar-refractivity contribution in [1.82, 2.24) is 15.2 Å². The molecule has 2 heterocycles. The summed E-state index contributed by atoms with van der Waals surface area (Å²) in [6, 6.07) is 0. The number of carbonyl (C=O) groups excluding carboxylic acids is 2. The normalized spacial score (nSPS) is 26.1. The minimum absolute atomic E-state index is 0.0383. The van der Waals surface area contributed by atoms with Crippen molar-refractivity contribution in [2.24, 2.45) is 11.8 Å². The molecule has 2 saturated carbocycles. The monoisotopic (exact) mass is 347 g/mol. The van der Waals surface area contributed by atoms with Gasteiger partial charge in [0.1, 0.15) is 5.01 Å². The van der Waals surface area contributed by atoms with Crippen LogP contribution in [0.1, 0.15) is 55.6 Å². The summed E-state index contributed by atoms with van der Waals surface area (Å²) in [4.78, 5) is 31.6. The van der Waals surface area contributed by atoms with Gasteiger partial charge in [-0.2, -0.15) is 0 Å². The topological polar surface area (TPSA) is 62.3 Å². The van der Waals surface area contributed by atoms with Crippen LogP contribution in [0.4, 0.5) is 0 Å². The Balaban J connectivity index is 1.45. The number of aryl methyl sites for hydroxylation is 1. The maximum absolute atomic E-state index is 12.9. The molecule has 6 heteroatoms. The van der Waals surface area contributed by atoms with Crippen LogP contribution in [-0.4, -0.2) is 34.8 Å². The minimum atomic E-state index is -0.303. The number of nitrogens with one attached hydrogen (secondary N) is 1. The third kappa shape index (κ3) is 3.08. The molecule has 0 bridgehead atoms. The summed E-state index contributed by atoms with van der Waals surface area (Å²) >= 11 is 1.64. The fraction of sp³-hybridized carbons (Fsp3) is 0.722. The summed E-state index contributed by atoms with van der Waals surface area (Å²) < 4.78 is 0. The van der Waals surface area contributed by atoms with Crippen molar-refractivity contribution < 1.29 is 9.59 Å². The van der Waals surface area contributed by atoms with E-state index in [2.05, 4.69) is 15.7 Å². The molecule has 3 fully saturated rings. The zero-order chi connectivity index (χ0) is 16.7. The van der Waals surface area contributed by atoms with Gasteiger partial charge >= 0.3 is 0 Å². The number of hydrogen-bond acceptors (Lipinski definition) is 4. The van der Waals surface area contributed by atoms with Crippen LogP contribution in [0.25, 0.3) is 0 Å². The molecule has 1 aliphatic heterocycles. The second-order valence-electron chi connectivity index (χ2n) is 7.72. The molecule has 0 unspecified atom stereocenters. The van der Waals surface area contributed by atoms with E-state index in [0.717, 1.165) is 42.9 Å². The molecule has 2 aliphatic carbocycles. The molecule has 1 N–H and O–H groups in total. The van der Waals surface area contributed by atoms with Crippen LogP contribution in [-0.2, 0) is 15.1 Å². The zero-order valence-electron chi connectivity index (χ0n) is 14.2. The molecule has 3 aliphatic rings. The third-order valence-corrected chi connectivity index (χ3v) is 6.77. The molecule has 130 valence electrons. The Labute approximate surface area is 146 Å². The number of carbonyl (C=O) groups is 2. The van der Waals surface area contributed by atoms with Crippen molar-refractivity contribution in [2.45, 2.75) is 57.4 Å². The maximum Gasteiger partial charge on any atom is 0.226 e. The van der Waals surface area contributed by atoms with Gasteiger partial charge in [-0.25, -0.2) is 4.98 Å². The van der Waals surface area contributed by atoms with Gasteiger partial charge in [0.25, 0.3) is 0 Å².